The summed E-state index contributed by atoms with van der Waals surface area (Å²) in [5, 5.41) is 2.83. The van der Waals surface area contributed by atoms with Crippen LogP contribution in [0.5, 0.6) is 5.75 Å². The molecule has 1 aliphatic heterocycles. The van der Waals surface area contributed by atoms with Gasteiger partial charge < -0.3 is 19.9 Å². The van der Waals surface area contributed by atoms with Crippen LogP contribution in [0.15, 0.2) is 48.8 Å². The predicted octanol–water partition coefficient (Wildman–Crippen LogP) is 0.689. The minimum Gasteiger partial charge on any atom is -0.497 e. The van der Waals surface area contributed by atoms with Gasteiger partial charge in [0.2, 0.25) is 11.8 Å². The molecule has 154 valence electrons. The number of benzene rings is 1. The van der Waals surface area contributed by atoms with Crippen molar-refractivity contribution in [3.63, 3.8) is 0 Å². The van der Waals surface area contributed by atoms with Gasteiger partial charge in [-0.15, -0.1) is 11.8 Å². The molecule has 0 atom stereocenters. The van der Waals surface area contributed by atoms with Crippen molar-refractivity contribution in [2.75, 3.05) is 50.1 Å². The third-order valence-electron chi connectivity index (χ3n) is 4.86. The molecule has 0 spiro atoms. The fourth-order valence-corrected chi connectivity index (χ4v) is 3.95. The van der Waals surface area contributed by atoms with Gasteiger partial charge in [-0.2, -0.15) is 0 Å². The monoisotopic (exact) mass is 415 g/mol. The molecule has 2 heterocycles. The van der Waals surface area contributed by atoms with Crippen LogP contribution in [0.3, 0.4) is 0 Å². The van der Waals surface area contributed by atoms with Crippen molar-refractivity contribution in [1.29, 1.82) is 0 Å². The van der Waals surface area contributed by atoms with Gasteiger partial charge in [0, 0.05) is 23.6 Å². The second kappa shape index (κ2) is 10.8. The van der Waals surface area contributed by atoms with E-state index in [0.717, 1.165) is 44.2 Å². The fourth-order valence-electron chi connectivity index (χ4n) is 3.23. The summed E-state index contributed by atoms with van der Waals surface area (Å²) >= 11 is 1.35. The number of ether oxygens (including phenoxy) is 1. The number of carbonyl (C=O) groups is 2. The Hall–Kier alpha value is -2.58. The van der Waals surface area contributed by atoms with Crippen molar-refractivity contribution in [2.45, 2.75) is 6.54 Å². The Labute approximate surface area is 175 Å². The minimum absolute atomic E-state index is 0.107. The number of aromatic nitrogens is 1. The number of nitrogens with one attached hydrogen (secondary N) is 2. The summed E-state index contributed by atoms with van der Waals surface area (Å²) in [5.74, 6) is 1.32. The molecule has 2 amide bonds. The van der Waals surface area contributed by atoms with Crippen LogP contribution in [-0.2, 0) is 16.1 Å². The van der Waals surface area contributed by atoms with E-state index in [2.05, 4.69) is 10.3 Å². The third-order valence-corrected chi connectivity index (χ3v) is 5.78. The molecule has 2 N–H and O–H groups in total. The van der Waals surface area contributed by atoms with Gasteiger partial charge in [0.25, 0.3) is 0 Å². The van der Waals surface area contributed by atoms with E-state index in [1.165, 1.54) is 22.2 Å². The number of hydrogen-bond donors (Lipinski definition) is 2. The fraction of sp³-hybridized carbons (Fsp3) is 0.381. The molecule has 0 unspecified atom stereocenters. The summed E-state index contributed by atoms with van der Waals surface area (Å²) in [5.41, 5.74) is 1.99. The Balaban J connectivity index is 1.33. The van der Waals surface area contributed by atoms with Crippen LogP contribution < -0.4 is 15.0 Å². The molecular weight excluding hydrogens is 388 g/mol. The van der Waals surface area contributed by atoms with Crippen LogP contribution in [0.2, 0.25) is 0 Å². The van der Waals surface area contributed by atoms with Crippen LogP contribution in [0.25, 0.3) is 0 Å². The maximum atomic E-state index is 12.4. The van der Waals surface area contributed by atoms with Crippen LogP contribution in [0.1, 0.15) is 5.56 Å². The van der Waals surface area contributed by atoms with E-state index in [-0.39, 0.29) is 17.6 Å². The largest absolute Gasteiger partial charge is 0.497 e. The Morgan fingerprint density at radius 3 is 2.45 bits per heavy atom. The van der Waals surface area contributed by atoms with Crippen LogP contribution in [-0.4, -0.2) is 66.5 Å². The predicted molar refractivity (Wildman–Crippen MR) is 114 cm³/mol. The molecule has 0 radical (unpaired) electrons. The molecular formula is C21H27N4O3S+. The number of amides is 2. The third kappa shape index (κ3) is 6.76. The van der Waals surface area contributed by atoms with Gasteiger partial charge in [-0.1, -0.05) is 0 Å². The van der Waals surface area contributed by atoms with Crippen molar-refractivity contribution in [2.24, 2.45) is 0 Å². The Morgan fingerprint density at radius 1 is 1.10 bits per heavy atom. The molecule has 7 nitrogen and oxygen atoms in total. The van der Waals surface area contributed by atoms with E-state index in [1.54, 1.807) is 31.4 Å². The second-order valence-electron chi connectivity index (χ2n) is 6.93. The van der Waals surface area contributed by atoms with Crippen molar-refractivity contribution in [3.8, 4) is 5.75 Å². The first-order valence-corrected chi connectivity index (χ1v) is 10.8. The number of thioether (sulfide) groups is 1. The van der Waals surface area contributed by atoms with E-state index < -0.39 is 0 Å². The van der Waals surface area contributed by atoms with Gasteiger partial charge in [-0.3, -0.25) is 14.6 Å². The Morgan fingerprint density at radius 2 is 1.79 bits per heavy atom. The van der Waals surface area contributed by atoms with Gasteiger partial charge in [-0.25, -0.2) is 0 Å². The zero-order chi connectivity index (χ0) is 20.5. The maximum Gasteiger partial charge on any atom is 0.234 e. The molecule has 1 aliphatic rings. The molecule has 1 aromatic heterocycles. The lowest BCUT2D eigenvalue weighted by Gasteiger charge is -2.32. The molecule has 0 aliphatic carbocycles. The van der Waals surface area contributed by atoms with Crippen molar-refractivity contribution in [3.05, 3.63) is 54.4 Å². The zero-order valence-corrected chi connectivity index (χ0v) is 17.4. The Bertz CT molecular complexity index is 793. The molecule has 29 heavy (non-hydrogen) atoms. The summed E-state index contributed by atoms with van der Waals surface area (Å²) in [4.78, 5) is 31.9. The highest BCUT2D eigenvalue weighted by Crippen LogP contribution is 2.15. The maximum absolute atomic E-state index is 12.4. The van der Waals surface area contributed by atoms with Gasteiger partial charge in [0.1, 0.15) is 12.3 Å². The van der Waals surface area contributed by atoms with Gasteiger partial charge in [0.15, 0.2) is 0 Å². The number of carbonyl (C=O) groups excluding carboxylic acids is 2. The van der Waals surface area contributed by atoms with Gasteiger partial charge in [0.05, 0.1) is 44.8 Å². The van der Waals surface area contributed by atoms with Gasteiger partial charge in [-0.05, 0) is 36.4 Å². The summed E-state index contributed by atoms with van der Waals surface area (Å²) in [6.45, 7) is 4.37. The smallest absolute Gasteiger partial charge is 0.234 e. The summed E-state index contributed by atoms with van der Waals surface area (Å²) in [7, 11) is 1.60. The second-order valence-corrected chi connectivity index (χ2v) is 7.92. The van der Waals surface area contributed by atoms with E-state index in [0.29, 0.717) is 5.75 Å². The first-order valence-electron chi connectivity index (χ1n) is 9.66. The first-order chi connectivity index (χ1) is 14.1. The summed E-state index contributed by atoms with van der Waals surface area (Å²) in [6.07, 6.45) is 3.63. The molecule has 0 saturated carbocycles. The van der Waals surface area contributed by atoms with E-state index in [4.69, 9.17) is 4.74 Å². The normalized spacial score (nSPS) is 14.4. The van der Waals surface area contributed by atoms with E-state index in [1.807, 2.05) is 29.4 Å². The molecule has 1 fully saturated rings. The highest BCUT2D eigenvalue weighted by molar-refractivity contribution is 8.00. The molecule has 3 rings (SSSR count). The van der Waals surface area contributed by atoms with E-state index in [9.17, 15) is 9.59 Å². The molecule has 0 bridgehead atoms. The van der Waals surface area contributed by atoms with Gasteiger partial charge >= 0.3 is 0 Å². The van der Waals surface area contributed by atoms with Crippen LogP contribution in [0.4, 0.5) is 5.69 Å². The highest BCUT2D eigenvalue weighted by Gasteiger charge is 2.23. The average molecular weight is 416 g/mol. The van der Waals surface area contributed by atoms with Crippen molar-refractivity contribution in [1.82, 2.24) is 9.88 Å². The number of quaternary nitrogens is 1. The number of pyridine rings is 1. The van der Waals surface area contributed by atoms with Crippen LogP contribution >= 0.6 is 11.8 Å². The summed E-state index contributed by atoms with van der Waals surface area (Å²) < 4.78 is 5.10. The molecule has 1 aromatic carbocycles. The zero-order valence-electron chi connectivity index (χ0n) is 16.6. The SMILES string of the molecule is COc1ccc(NC(=O)CSCC(=O)N2CC[NH+](Cc3ccncc3)CC2)cc1. The molecule has 8 heteroatoms. The lowest BCUT2D eigenvalue weighted by Crippen LogP contribution is -3.13. The lowest BCUT2D eigenvalue weighted by molar-refractivity contribution is -0.917. The van der Waals surface area contributed by atoms with Crippen molar-refractivity contribution >= 4 is 29.3 Å². The molecule has 2 aromatic rings. The number of hydrogen-bond acceptors (Lipinski definition) is 5. The highest BCUT2D eigenvalue weighted by atomic mass is 32.2. The average Bonchev–Trinajstić information content (AvgIpc) is 2.75. The Kier molecular flexibility index (Phi) is 7.89. The molecule has 1 saturated heterocycles. The van der Waals surface area contributed by atoms with Crippen LogP contribution in [0, 0.1) is 0 Å². The number of methoxy groups -OCH3 is 1. The number of anilines is 1. The number of nitrogens with zero attached hydrogens (tertiary/aromatic N) is 2. The minimum atomic E-state index is -0.111. The van der Waals surface area contributed by atoms with E-state index >= 15 is 0 Å². The number of rotatable bonds is 8. The first kappa shape index (κ1) is 21.1. The summed E-state index contributed by atoms with van der Waals surface area (Å²) in [6, 6.07) is 11.3. The lowest BCUT2D eigenvalue weighted by atomic mass is 10.2. The standard InChI is InChI=1S/C21H26N4O3S/c1-28-19-4-2-18(3-5-19)23-20(26)15-29-16-21(27)25-12-10-24(11-13-25)14-17-6-8-22-9-7-17/h2-9H,10-16H2,1H3,(H,23,26)/p+1. The quantitative estimate of drug-likeness (QED) is 0.664. The number of piperazine rings is 1. The topological polar surface area (TPSA) is 76.0 Å². The van der Waals surface area contributed by atoms with Crippen molar-refractivity contribution < 1.29 is 19.2 Å².